The average molecular weight is 517 g/mol. The topological polar surface area (TPSA) is 49.4 Å². The van der Waals surface area contributed by atoms with E-state index in [2.05, 4.69) is 10.2 Å². The Balaban J connectivity index is 1.59. The third kappa shape index (κ3) is 3.18. The smallest absolute Gasteiger partial charge is 0.250 e. The fourth-order valence-electron chi connectivity index (χ4n) is 6.96. The van der Waals surface area contributed by atoms with Gasteiger partial charge in [0, 0.05) is 33.8 Å². The molecule has 2 fully saturated rings. The van der Waals surface area contributed by atoms with Gasteiger partial charge >= 0.3 is 0 Å². The number of nitrogens with one attached hydrogen (secondary N) is 1. The molecule has 2 spiro atoms. The molecule has 0 bridgehead atoms. The van der Waals surface area contributed by atoms with Gasteiger partial charge in [0.15, 0.2) is 5.78 Å². The van der Waals surface area contributed by atoms with Crippen molar-refractivity contribution in [2.45, 2.75) is 30.7 Å². The van der Waals surface area contributed by atoms with Crippen molar-refractivity contribution in [3.63, 3.8) is 0 Å². The van der Waals surface area contributed by atoms with Crippen LogP contribution in [0.4, 0.5) is 5.69 Å². The molecular weight excluding hydrogens is 491 g/mol. The van der Waals surface area contributed by atoms with E-state index in [4.69, 9.17) is 23.2 Å². The van der Waals surface area contributed by atoms with E-state index in [1.807, 2.05) is 85.9 Å². The number of para-hydroxylation sites is 1. The fourth-order valence-corrected chi connectivity index (χ4v) is 7.21. The number of Topliss-reactive ketones (excluding diaryl/α,β-unsaturated/α-hetero) is 1. The summed E-state index contributed by atoms with van der Waals surface area (Å²) in [6.07, 6.45) is 4.10. The number of fused-ring (bicyclic) bond motifs is 3. The molecule has 0 radical (unpaired) electrons. The summed E-state index contributed by atoms with van der Waals surface area (Å²) in [5, 5.41) is 4.42. The van der Waals surface area contributed by atoms with E-state index in [0.717, 1.165) is 34.4 Å². The SMILES string of the molecule is CN1C[C@@H](c2ccc(Cl)cc2)[C@@]2(CCC/C(=C\c3ccc(Cl)cc3)C2=O)[C@@]12C(=O)Nc1ccccc12. The zero-order valence-electron chi connectivity index (χ0n) is 19.9. The van der Waals surface area contributed by atoms with Gasteiger partial charge in [-0.15, -0.1) is 0 Å². The molecule has 4 nitrogen and oxygen atoms in total. The second-order valence-corrected chi connectivity index (χ2v) is 10.9. The summed E-state index contributed by atoms with van der Waals surface area (Å²) in [6, 6.07) is 23.1. The Bertz CT molecular complexity index is 1400. The van der Waals surface area contributed by atoms with Crippen LogP contribution < -0.4 is 5.32 Å². The molecule has 3 aliphatic rings. The van der Waals surface area contributed by atoms with Gasteiger partial charge in [0.2, 0.25) is 0 Å². The van der Waals surface area contributed by atoms with Crippen LogP contribution in [-0.4, -0.2) is 30.2 Å². The normalized spacial score (nSPS) is 28.8. The Labute approximate surface area is 220 Å². The lowest BCUT2D eigenvalue weighted by atomic mass is 9.53. The van der Waals surface area contributed by atoms with E-state index in [1.54, 1.807) is 0 Å². The highest BCUT2D eigenvalue weighted by Crippen LogP contribution is 2.66. The number of likely N-dealkylation sites (N-methyl/N-ethyl adjacent to an activating group) is 1. The number of amides is 1. The number of halogens is 2. The number of anilines is 1. The summed E-state index contributed by atoms with van der Waals surface area (Å²) in [7, 11) is 1.98. The maximum absolute atomic E-state index is 14.8. The highest BCUT2D eigenvalue weighted by atomic mass is 35.5. The minimum absolute atomic E-state index is 0.0554. The van der Waals surface area contributed by atoms with Gasteiger partial charge in [0.1, 0.15) is 5.54 Å². The summed E-state index contributed by atoms with van der Waals surface area (Å²) in [6.45, 7) is 0.587. The third-order valence-corrected chi connectivity index (χ3v) is 8.86. The molecule has 1 amide bonds. The first-order valence-electron chi connectivity index (χ1n) is 12.3. The zero-order chi connectivity index (χ0) is 25.1. The lowest BCUT2D eigenvalue weighted by Gasteiger charge is -2.48. The van der Waals surface area contributed by atoms with E-state index >= 15 is 0 Å². The fraction of sp³-hybridized carbons (Fsp3) is 0.267. The summed E-state index contributed by atoms with van der Waals surface area (Å²) in [5.41, 5.74) is 2.34. The summed E-state index contributed by atoms with van der Waals surface area (Å²) < 4.78 is 0. The van der Waals surface area contributed by atoms with E-state index < -0.39 is 11.0 Å². The first-order chi connectivity index (χ1) is 17.4. The molecule has 3 aromatic carbocycles. The summed E-state index contributed by atoms with van der Waals surface area (Å²) in [5.74, 6) is -0.235. The van der Waals surface area contributed by atoms with Gasteiger partial charge in [-0.25, -0.2) is 0 Å². The van der Waals surface area contributed by atoms with Gasteiger partial charge in [0.25, 0.3) is 5.91 Å². The standard InChI is InChI=1S/C30H26Cl2N2O2/c1-34-18-25(20-10-14-23(32)15-11-20)29(30(34)24-6-2-3-7-26(24)33-28(30)36)16-4-5-21(27(29)35)17-19-8-12-22(31)13-9-19/h2-3,6-15,17,25H,4-5,16,18H2,1H3,(H,33,36)/b21-17+/t25-,29+,30+/m0/s1. The Hall–Kier alpha value is -2.92. The molecule has 0 aromatic heterocycles. The van der Waals surface area contributed by atoms with Gasteiger partial charge < -0.3 is 5.32 Å². The number of ketones is 1. The molecule has 182 valence electrons. The zero-order valence-corrected chi connectivity index (χ0v) is 21.4. The molecule has 1 N–H and O–H groups in total. The van der Waals surface area contributed by atoms with Crippen LogP contribution in [-0.2, 0) is 15.1 Å². The summed E-state index contributed by atoms with van der Waals surface area (Å²) in [4.78, 5) is 31.0. The van der Waals surface area contributed by atoms with Crippen LogP contribution >= 0.6 is 23.2 Å². The van der Waals surface area contributed by atoms with Crippen molar-refractivity contribution in [2.75, 3.05) is 18.9 Å². The van der Waals surface area contributed by atoms with Crippen LogP contribution in [0, 0.1) is 5.41 Å². The maximum Gasteiger partial charge on any atom is 0.250 e. The summed E-state index contributed by atoms with van der Waals surface area (Å²) >= 11 is 12.3. The van der Waals surface area contributed by atoms with Crippen LogP contribution in [0.5, 0.6) is 0 Å². The number of hydrogen-bond donors (Lipinski definition) is 1. The minimum Gasteiger partial charge on any atom is -0.324 e. The van der Waals surface area contributed by atoms with Crippen molar-refractivity contribution in [1.82, 2.24) is 4.90 Å². The number of likely N-dealkylation sites (tertiary alicyclic amines) is 1. The number of carbonyl (C=O) groups is 2. The predicted octanol–water partition coefficient (Wildman–Crippen LogP) is 6.69. The molecule has 0 unspecified atom stereocenters. The second kappa shape index (κ2) is 8.58. The Morgan fingerprint density at radius 2 is 1.61 bits per heavy atom. The van der Waals surface area contributed by atoms with Gasteiger partial charge in [-0.2, -0.15) is 0 Å². The molecular formula is C30H26Cl2N2O2. The molecule has 3 aromatic rings. The minimum atomic E-state index is -1.09. The first kappa shape index (κ1) is 23.5. The molecule has 36 heavy (non-hydrogen) atoms. The van der Waals surface area contributed by atoms with Gasteiger partial charge in [-0.05, 0) is 79.4 Å². The third-order valence-electron chi connectivity index (χ3n) is 8.36. The molecule has 1 saturated carbocycles. The molecule has 3 atom stereocenters. The van der Waals surface area contributed by atoms with E-state index in [9.17, 15) is 9.59 Å². The Morgan fingerprint density at radius 1 is 0.944 bits per heavy atom. The lowest BCUT2D eigenvalue weighted by molar-refractivity contribution is -0.144. The highest BCUT2D eigenvalue weighted by Gasteiger charge is 2.73. The largest absolute Gasteiger partial charge is 0.324 e. The van der Waals surface area contributed by atoms with E-state index in [1.165, 1.54) is 0 Å². The van der Waals surface area contributed by atoms with Crippen molar-refractivity contribution in [3.05, 3.63) is 105 Å². The van der Waals surface area contributed by atoms with Crippen LogP contribution in [0.3, 0.4) is 0 Å². The van der Waals surface area contributed by atoms with Gasteiger partial charge in [-0.1, -0.05) is 65.7 Å². The van der Waals surface area contributed by atoms with E-state index in [-0.39, 0.29) is 17.6 Å². The van der Waals surface area contributed by atoms with Crippen LogP contribution in [0.2, 0.25) is 10.0 Å². The number of hydrogen-bond acceptors (Lipinski definition) is 3. The van der Waals surface area contributed by atoms with Gasteiger partial charge in [0.05, 0.1) is 5.41 Å². The molecule has 1 aliphatic carbocycles. The molecule has 1 saturated heterocycles. The number of benzene rings is 3. The predicted molar refractivity (Wildman–Crippen MR) is 144 cm³/mol. The van der Waals surface area contributed by atoms with Crippen LogP contribution in [0.15, 0.2) is 78.4 Å². The van der Waals surface area contributed by atoms with Crippen molar-refractivity contribution in [3.8, 4) is 0 Å². The highest BCUT2D eigenvalue weighted by molar-refractivity contribution is 6.30. The monoisotopic (exact) mass is 516 g/mol. The van der Waals surface area contributed by atoms with Crippen molar-refractivity contribution >= 4 is 46.7 Å². The molecule has 6 rings (SSSR count). The lowest BCUT2D eigenvalue weighted by Crippen LogP contribution is -2.60. The number of nitrogens with zero attached hydrogens (tertiary/aromatic N) is 1. The van der Waals surface area contributed by atoms with Crippen LogP contribution in [0.1, 0.15) is 41.9 Å². The van der Waals surface area contributed by atoms with Crippen molar-refractivity contribution < 1.29 is 9.59 Å². The number of rotatable bonds is 2. The van der Waals surface area contributed by atoms with Gasteiger partial charge in [-0.3, -0.25) is 14.5 Å². The number of carbonyl (C=O) groups excluding carboxylic acids is 2. The van der Waals surface area contributed by atoms with E-state index in [0.29, 0.717) is 29.4 Å². The molecule has 2 aliphatic heterocycles. The first-order valence-corrected chi connectivity index (χ1v) is 13.0. The Morgan fingerprint density at radius 3 is 2.33 bits per heavy atom. The average Bonchev–Trinajstić information content (AvgIpc) is 3.32. The quantitative estimate of drug-likeness (QED) is 0.385. The van der Waals surface area contributed by atoms with Crippen molar-refractivity contribution in [1.29, 1.82) is 0 Å². The maximum atomic E-state index is 14.8. The number of allylic oxidation sites excluding steroid dienone is 1. The van der Waals surface area contributed by atoms with Crippen LogP contribution in [0.25, 0.3) is 6.08 Å². The molecule has 6 heteroatoms. The Kier molecular flexibility index (Phi) is 5.60. The molecule has 2 heterocycles. The van der Waals surface area contributed by atoms with Crippen molar-refractivity contribution in [2.24, 2.45) is 5.41 Å². The second-order valence-electron chi connectivity index (χ2n) is 10.1.